The van der Waals surface area contributed by atoms with Gasteiger partial charge >= 0.3 is 12.1 Å². The van der Waals surface area contributed by atoms with Crippen molar-refractivity contribution in [3.8, 4) is 0 Å². The van der Waals surface area contributed by atoms with E-state index in [9.17, 15) is 14.4 Å². The Morgan fingerprint density at radius 3 is 2.58 bits per heavy atom. The highest BCUT2D eigenvalue weighted by Gasteiger charge is 2.25. The summed E-state index contributed by atoms with van der Waals surface area (Å²) in [5.41, 5.74) is 1.49. The molecule has 0 saturated heterocycles. The number of aromatic nitrogens is 5. The summed E-state index contributed by atoms with van der Waals surface area (Å²) in [6, 6.07) is 13.1. The Bertz CT molecular complexity index is 1020. The van der Waals surface area contributed by atoms with Crippen LogP contribution in [0.1, 0.15) is 23.5 Å². The number of benzene rings is 1. The van der Waals surface area contributed by atoms with Crippen LogP contribution in [0, 0.1) is 0 Å². The maximum absolute atomic E-state index is 12.6. The molecule has 0 saturated carbocycles. The minimum Gasteiger partial charge on any atom is -0.481 e. The van der Waals surface area contributed by atoms with Crippen LogP contribution < -0.4 is 5.32 Å². The SMILES string of the molecule is O=C(O)CC(NC(=O)OCc1ccccc1)C(=O)Cn1nnc(Cc2ccccn2)n1. The van der Waals surface area contributed by atoms with E-state index >= 15 is 0 Å². The van der Waals surface area contributed by atoms with Crippen LogP contribution in [0.2, 0.25) is 0 Å². The molecule has 0 radical (unpaired) electrons. The average Bonchev–Trinajstić information content (AvgIpc) is 3.19. The van der Waals surface area contributed by atoms with Crippen LogP contribution in [0.4, 0.5) is 4.79 Å². The Balaban J connectivity index is 1.56. The van der Waals surface area contributed by atoms with Gasteiger partial charge in [-0.05, 0) is 22.9 Å². The fourth-order valence-corrected chi connectivity index (χ4v) is 2.66. The Labute approximate surface area is 177 Å². The summed E-state index contributed by atoms with van der Waals surface area (Å²) >= 11 is 0. The summed E-state index contributed by atoms with van der Waals surface area (Å²) in [7, 11) is 0. The van der Waals surface area contributed by atoms with Crippen LogP contribution in [-0.4, -0.2) is 54.2 Å². The van der Waals surface area contributed by atoms with Crippen molar-refractivity contribution in [2.75, 3.05) is 0 Å². The first kappa shape index (κ1) is 21.6. The van der Waals surface area contributed by atoms with E-state index in [-0.39, 0.29) is 13.2 Å². The second kappa shape index (κ2) is 10.6. The first-order valence-corrected chi connectivity index (χ1v) is 9.38. The standard InChI is InChI=1S/C20H20N6O5/c27-17(12-26-24-18(23-25-26)10-15-8-4-5-9-21-15)16(11-19(28)29)22-20(30)31-13-14-6-2-1-3-7-14/h1-9,16H,10-13H2,(H,22,30)(H,28,29). The monoisotopic (exact) mass is 424 g/mol. The van der Waals surface area contributed by atoms with Crippen LogP contribution in [0.25, 0.3) is 0 Å². The summed E-state index contributed by atoms with van der Waals surface area (Å²) in [6.45, 7) is -0.367. The van der Waals surface area contributed by atoms with E-state index in [1.54, 1.807) is 42.6 Å². The van der Waals surface area contributed by atoms with Crippen molar-refractivity contribution in [2.24, 2.45) is 0 Å². The highest BCUT2D eigenvalue weighted by Crippen LogP contribution is 2.04. The van der Waals surface area contributed by atoms with Gasteiger partial charge in [0.2, 0.25) is 0 Å². The van der Waals surface area contributed by atoms with Gasteiger partial charge in [-0.3, -0.25) is 14.6 Å². The van der Waals surface area contributed by atoms with E-state index in [1.807, 2.05) is 12.1 Å². The zero-order valence-electron chi connectivity index (χ0n) is 16.4. The minimum atomic E-state index is -1.30. The molecule has 0 aliphatic heterocycles. The number of ether oxygens (including phenoxy) is 1. The number of carboxylic acid groups (broad SMARTS) is 1. The lowest BCUT2D eigenvalue weighted by atomic mass is 10.1. The Morgan fingerprint density at radius 1 is 1.10 bits per heavy atom. The summed E-state index contributed by atoms with van der Waals surface area (Å²) in [5, 5.41) is 23.2. The number of carbonyl (C=O) groups excluding carboxylic acids is 2. The summed E-state index contributed by atoms with van der Waals surface area (Å²) in [5.74, 6) is -1.48. The molecule has 2 aromatic heterocycles. The maximum atomic E-state index is 12.6. The topological polar surface area (TPSA) is 149 Å². The molecule has 3 aromatic rings. The molecule has 2 heterocycles. The third kappa shape index (κ3) is 6.99. The van der Waals surface area contributed by atoms with Gasteiger partial charge in [0.1, 0.15) is 19.2 Å². The number of hydrogen-bond acceptors (Lipinski definition) is 8. The molecule has 0 aliphatic carbocycles. The lowest BCUT2D eigenvalue weighted by Gasteiger charge is -2.15. The summed E-state index contributed by atoms with van der Waals surface area (Å²) in [6.07, 6.45) is 0.472. The van der Waals surface area contributed by atoms with Gasteiger partial charge in [0, 0.05) is 11.9 Å². The highest BCUT2D eigenvalue weighted by atomic mass is 16.5. The molecule has 31 heavy (non-hydrogen) atoms. The van der Waals surface area contributed by atoms with Crippen molar-refractivity contribution in [1.82, 2.24) is 30.5 Å². The van der Waals surface area contributed by atoms with Gasteiger partial charge in [0.15, 0.2) is 11.6 Å². The summed E-state index contributed by atoms with van der Waals surface area (Å²) < 4.78 is 5.06. The van der Waals surface area contributed by atoms with Gasteiger partial charge in [0.25, 0.3) is 0 Å². The van der Waals surface area contributed by atoms with Gasteiger partial charge in [0.05, 0.1) is 12.8 Å². The molecular weight excluding hydrogens is 404 g/mol. The zero-order valence-corrected chi connectivity index (χ0v) is 16.4. The van der Waals surface area contributed by atoms with Crippen molar-refractivity contribution in [3.63, 3.8) is 0 Å². The van der Waals surface area contributed by atoms with Crippen LogP contribution in [0.3, 0.4) is 0 Å². The van der Waals surface area contributed by atoms with Crippen molar-refractivity contribution < 1.29 is 24.2 Å². The van der Waals surface area contributed by atoms with Crippen LogP contribution in [0.15, 0.2) is 54.7 Å². The van der Waals surface area contributed by atoms with Gasteiger partial charge in [-0.1, -0.05) is 36.4 Å². The van der Waals surface area contributed by atoms with E-state index in [2.05, 4.69) is 25.7 Å². The van der Waals surface area contributed by atoms with E-state index in [0.717, 1.165) is 16.1 Å². The Kier molecular flexibility index (Phi) is 7.35. The number of pyridine rings is 1. The molecule has 160 valence electrons. The summed E-state index contributed by atoms with van der Waals surface area (Å²) in [4.78, 5) is 40.9. The van der Waals surface area contributed by atoms with E-state index in [1.165, 1.54) is 0 Å². The molecule has 11 nitrogen and oxygen atoms in total. The van der Waals surface area contributed by atoms with Crippen LogP contribution in [0.5, 0.6) is 0 Å². The lowest BCUT2D eigenvalue weighted by Crippen LogP contribution is -2.44. The third-order valence-corrected chi connectivity index (χ3v) is 4.13. The molecule has 1 unspecified atom stereocenters. The van der Waals surface area contributed by atoms with Gasteiger partial charge in [-0.25, -0.2) is 4.79 Å². The quantitative estimate of drug-likeness (QED) is 0.486. The molecule has 2 N–H and O–H groups in total. The van der Waals surface area contributed by atoms with Gasteiger partial charge in [-0.15, -0.1) is 10.2 Å². The first-order valence-electron chi connectivity index (χ1n) is 9.38. The molecule has 3 rings (SSSR count). The molecular formula is C20H20N6O5. The predicted octanol–water partition coefficient (Wildman–Crippen LogP) is 0.998. The number of nitrogens with one attached hydrogen (secondary N) is 1. The number of hydrogen-bond donors (Lipinski definition) is 2. The number of carbonyl (C=O) groups is 3. The predicted molar refractivity (Wildman–Crippen MR) is 106 cm³/mol. The fraction of sp³-hybridized carbons (Fsp3) is 0.250. The number of aliphatic carboxylic acids is 1. The molecule has 1 amide bonds. The highest BCUT2D eigenvalue weighted by molar-refractivity contribution is 5.90. The Hall–Kier alpha value is -4.15. The third-order valence-electron chi connectivity index (χ3n) is 4.13. The van der Waals surface area contributed by atoms with Crippen LogP contribution >= 0.6 is 0 Å². The molecule has 0 aliphatic rings. The van der Waals surface area contributed by atoms with Crippen molar-refractivity contribution in [3.05, 3.63) is 71.8 Å². The molecule has 1 atom stereocenters. The minimum absolute atomic E-state index is 0.0117. The van der Waals surface area contributed by atoms with E-state index in [0.29, 0.717) is 12.2 Å². The van der Waals surface area contributed by atoms with E-state index in [4.69, 9.17) is 9.84 Å². The number of carboxylic acids is 1. The normalized spacial score (nSPS) is 11.5. The number of rotatable bonds is 10. The van der Waals surface area contributed by atoms with Crippen LogP contribution in [-0.2, 0) is 33.9 Å². The maximum Gasteiger partial charge on any atom is 0.408 e. The second-order valence-corrected chi connectivity index (χ2v) is 6.56. The van der Waals surface area contributed by atoms with Crippen molar-refractivity contribution >= 4 is 17.8 Å². The number of nitrogens with zero attached hydrogens (tertiary/aromatic N) is 5. The number of alkyl carbamates (subject to hydrolysis) is 1. The molecule has 0 fully saturated rings. The fourth-order valence-electron chi connectivity index (χ4n) is 2.66. The van der Waals surface area contributed by atoms with Gasteiger partial charge in [-0.2, -0.15) is 4.80 Å². The first-order chi connectivity index (χ1) is 15.0. The average molecular weight is 424 g/mol. The molecule has 11 heteroatoms. The van der Waals surface area contributed by atoms with Gasteiger partial charge < -0.3 is 15.2 Å². The number of ketones is 1. The number of amides is 1. The smallest absolute Gasteiger partial charge is 0.408 e. The molecule has 0 bridgehead atoms. The largest absolute Gasteiger partial charge is 0.481 e. The van der Waals surface area contributed by atoms with Crippen molar-refractivity contribution in [1.29, 1.82) is 0 Å². The number of tetrazole rings is 1. The zero-order chi connectivity index (χ0) is 22.1. The Morgan fingerprint density at radius 2 is 1.87 bits per heavy atom. The van der Waals surface area contributed by atoms with Crippen molar-refractivity contribution in [2.45, 2.75) is 32.0 Å². The number of Topliss-reactive ketones (excluding diaryl/α,β-unsaturated/α-hetero) is 1. The molecule has 0 spiro atoms. The molecule has 1 aromatic carbocycles. The second-order valence-electron chi connectivity index (χ2n) is 6.56. The lowest BCUT2D eigenvalue weighted by molar-refractivity contribution is -0.139. The van der Waals surface area contributed by atoms with E-state index < -0.39 is 30.3 Å².